The summed E-state index contributed by atoms with van der Waals surface area (Å²) in [6.45, 7) is 0. The lowest BCUT2D eigenvalue weighted by molar-refractivity contribution is -0.137. The van der Waals surface area contributed by atoms with Gasteiger partial charge in [-0.1, -0.05) is 12.1 Å². The van der Waals surface area contributed by atoms with E-state index in [1.807, 2.05) is 0 Å². The third-order valence-electron chi connectivity index (χ3n) is 2.89. The normalized spacial score (nSPS) is 11.9. The Hall–Kier alpha value is -2.57. The first-order valence-corrected chi connectivity index (χ1v) is 5.74. The van der Waals surface area contributed by atoms with E-state index in [2.05, 4.69) is 9.97 Å². The Bertz CT molecular complexity index is 777. The van der Waals surface area contributed by atoms with Gasteiger partial charge in [-0.3, -0.25) is 4.57 Å². The molecule has 0 saturated carbocycles. The van der Waals surface area contributed by atoms with Gasteiger partial charge in [-0.2, -0.15) is 13.2 Å². The summed E-state index contributed by atoms with van der Waals surface area (Å²) in [4.78, 5) is 8.08. The van der Waals surface area contributed by atoms with Crippen LogP contribution in [0.4, 0.5) is 19.1 Å². The predicted molar refractivity (Wildman–Crippen MR) is 68.3 cm³/mol. The molecule has 0 saturated heterocycles. The van der Waals surface area contributed by atoms with E-state index in [-0.39, 0.29) is 11.6 Å². The number of benzene rings is 1. The molecule has 0 aliphatic carbocycles. The van der Waals surface area contributed by atoms with Crippen LogP contribution in [0.15, 0.2) is 42.6 Å². The highest BCUT2D eigenvalue weighted by molar-refractivity contribution is 5.77. The summed E-state index contributed by atoms with van der Waals surface area (Å²) < 4.78 is 40.4. The number of nitrogens with two attached hydrogens (primary N) is 1. The molecule has 0 bridgehead atoms. The van der Waals surface area contributed by atoms with E-state index in [4.69, 9.17) is 5.73 Å². The van der Waals surface area contributed by atoms with Gasteiger partial charge in [0.05, 0.1) is 11.3 Å². The van der Waals surface area contributed by atoms with Crippen LogP contribution in [0.25, 0.3) is 16.9 Å². The summed E-state index contributed by atoms with van der Waals surface area (Å²) in [5.41, 5.74) is 5.62. The van der Waals surface area contributed by atoms with Crippen molar-refractivity contribution in [2.24, 2.45) is 0 Å². The van der Waals surface area contributed by atoms with Crippen LogP contribution in [0.1, 0.15) is 5.56 Å². The topological polar surface area (TPSA) is 56.7 Å². The fourth-order valence-electron chi connectivity index (χ4n) is 2.08. The van der Waals surface area contributed by atoms with Crippen molar-refractivity contribution in [1.29, 1.82) is 0 Å². The molecule has 0 spiro atoms. The van der Waals surface area contributed by atoms with E-state index < -0.39 is 11.7 Å². The van der Waals surface area contributed by atoms with Crippen molar-refractivity contribution >= 4 is 17.1 Å². The monoisotopic (exact) mass is 278 g/mol. The zero-order chi connectivity index (χ0) is 14.3. The van der Waals surface area contributed by atoms with Crippen LogP contribution < -0.4 is 5.73 Å². The average molecular weight is 278 g/mol. The number of aromatic nitrogens is 3. The maximum atomic E-state index is 13.1. The summed E-state index contributed by atoms with van der Waals surface area (Å²) in [7, 11) is 0. The number of para-hydroxylation sites is 1. The third kappa shape index (κ3) is 1.87. The molecular formula is C13H9F3N4. The first kappa shape index (κ1) is 12.5. The van der Waals surface area contributed by atoms with E-state index in [0.717, 1.165) is 6.07 Å². The van der Waals surface area contributed by atoms with Gasteiger partial charge < -0.3 is 5.73 Å². The number of hydrogen-bond acceptors (Lipinski definition) is 3. The van der Waals surface area contributed by atoms with Gasteiger partial charge in [-0.05, 0) is 24.3 Å². The van der Waals surface area contributed by atoms with E-state index >= 15 is 0 Å². The molecule has 0 unspecified atom stereocenters. The number of halogens is 3. The van der Waals surface area contributed by atoms with Gasteiger partial charge >= 0.3 is 6.18 Å². The molecule has 3 aromatic rings. The van der Waals surface area contributed by atoms with Gasteiger partial charge in [-0.25, -0.2) is 9.97 Å². The molecule has 0 aliphatic rings. The smallest absolute Gasteiger partial charge is 0.369 e. The van der Waals surface area contributed by atoms with Crippen LogP contribution in [-0.2, 0) is 6.18 Å². The van der Waals surface area contributed by atoms with Crippen molar-refractivity contribution in [3.8, 4) is 5.69 Å². The number of hydrogen-bond donors (Lipinski definition) is 1. The largest absolute Gasteiger partial charge is 0.418 e. The maximum Gasteiger partial charge on any atom is 0.418 e. The predicted octanol–water partition coefficient (Wildman–Crippen LogP) is 3.02. The second-order valence-corrected chi connectivity index (χ2v) is 4.17. The number of nitrogens with zero attached hydrogens (tertiary/aromatic N) is 3. The summed E-state index contributed by atoms with van der Waals surface area (Å²) in [5.74, 6) is -0.0320. The molecule has 7 heteroatoms. The quantitative estimate of drug-likeness (QED) is 0.744. The molecule has 0 amide bonds. The zero-order valence-electron chi connectivity index (χ0n) is 10.1. The lowest BCUT2D eigenvalue weighted by Crippen LogP contribution is -2.12. The number of nitrogen functional groups attached to an aromatic ring is 1. The van der Waals surface area contributed by atoms with Crippen molar-refractivity contribution in [2.45, 2.75) is 6.18 Å². The average Bonchev–Trinajstić information content (AvgIpc) is 2.73. The summed E-state index contributed by atoms with van der Waals surface area (Å²) in [6.07, 6.45) is -3.00. The highest BCUT2D eigenvalue weighted by Gasteiger charge is 2.34. The zero-order valence-corrected chi connectivity index (χ0v) is 10.1. The molecule has 2 aromatic heterocycles. The summed E-state index contributed by atoms with van der Waals surface area (Å²) >= 11 is 0. The maximum absolute atomic E-state index is 13.1. The van der Waals surface area contributed by atoms with Crippen molar-refractivity contribution in [1.82, 2.24) is 14.5 Å². The van der Waals surface area contributed by atoms with Crippen molar-refractivity contribution in [3.05, 3.63) is 48.2 Å². The Morgan fingerprint density at radius 1 is 1.05 bits per heavy atom. The van der Waals surface area contributed by atoms with Crippen molar-refractivity contribution in [3.63, 3.8) is 0 Å². The van der Waals surface area contributed by atoms with Crippen LogP contribution in [0.2, 0.25) is 0 Å². The van der Waals surface area contributed by atoms with Crippen LogP contribution in [0.3, 0.4) is 0 Å². The number of alkyl halides is 3. The molecule has 20 heavy (non-hydrogen) atoms. The van der Waals surface area contributed by atoms with Gasteiger partial charge in [0.1, 0.15) is 5.52 Å². The second kappa shape index (κ2) is 4.22. The van der Waals surface area contributed by atoms with Gasteiger partial charge in [0.2, 0.25) is 5.95 Å². The molecule has 0 atom stereocenters. The highest BCUT2D eigenvalue weighted by Crippen LogP contribution is 2.35. The number of imidazole rings is 1. The molecule has 0 radical (unpaired) electrons. The minimum absolute atomic E-state index is 0.0320. The third-order valence-corrected chi connectivity index (χ3v) is 2.89. The van der Waals surface area contributed by atoms with Crippen molar-refractivity contribution < 1.29 is 13.2 Å². The van der Waals surface area contributed by atoms with E-state index in [9.17, 15) is 13.2 Å². The number of rotatable bonds is 1. The molecular weight excluding hydrogens is 269 g/mol. The first-order valence-electron chi connectivity index (χ1n) is 5.74. The van der Waals surface area contributed by atoms with Crippen LogP contribution >= 0.6 is 0 Å². The Labute approximate surface area is 111 Å². The Balaban J connectivity index is 2.35. The molecule has 102 valence electrons. The molecule has 0 fully saturated rings. The fourth-order valence-corrected chi connectivity index (χ4v) is 2.08. The number of anilines is 1. The summed E-state index contributed by atoms with van der Waals surface area (Å²) in [5, 5.41) is 0. The van der Waals surface area contributed by atoms with Crippen LogP contribution in [-0.4, -0.2) is 14.5 Å². The van der Waals surface area contributed by atoms with Gasteiger partial charge in [0.15, 0.2) is 5.65 Å². The Morgan fingerprint density at radius 3 is 2.55 bits per heavy atom. The second-order valence-electron chi connectivity index (χ2n) is 4.17. The number of fused-ring (bicyclic) bond motifs is 1. The molecule has 3 rings (SSSR count). The van der Waals surface area contributed by atoms with Crippen molar-refractivity contribution in [2.75, 3.05) is 5.73 Å². The molecule has 1 aromatic carbocycles. The Kier molecular flexibility index (Phi) is 2.63. The van der Waals surface area contributed by atoms with Crippen LogP contribution in [0.5, 0.6) is 0 Å². The fraction of sp³-hybridized carbons (Fsp3) is 0.0769. The minimum atomic E-state index is -4.48. The molecule has 2 heterocycles. The van der Waals surface area contributed by atoms with E-state index in [1.54, 1.807) is 12.1 Å². The minimum Gasteiger partial charge on any atom is -0.369 e. The lowest BCUT2D eigenvalue weighted by Gasteiger charge is -2.14. The molecule has 2 N–H and O–H groups in total. The summed E-state index contributed by atoms with van der Waals surface area (Å²) in [6, 6.07) is 8.48. The van der Waals surface area contributed by atoms with Gasteiger partial charge in [0.25, 0.3) is 0 Å². The highest BCUT2D eigenvalue weighted by atomic mass is 19.4. The van der Waals surface area contributed by atoms with Gasteiger partial charge in [0, 0.05) is 6.20 Å². The number of pyridine rings is 1. The van der Waals surface area contributed by atoms with E-state index in [1.165, 1.54) is 29.0 Å². The Morgan fingerprint density at radius 2 is 1.80 bits per heavy atom. The molecule has 4 nitrogen and oxygen atoms in total. The first-order chi connectivity index (χ1) is 9.48. The van der Waals surface area contributed by atoms with E-state index in [0.29, 0.717) is 11.2 Å². The SMILES string of the molecule is Nc1nc2cccnc2n1-c1ccccc1C(F)(F)F. The van der Waals surface area contributed by atoms with Crippen LogP contribution in [0, 0.1) is 0 Å². The standard InChI is InChI=1S/C13H9F3N4/c14-13(15,16)8-4-1-2-6-10(8)20-11-9(19-12(20)17)5-3-7-18-11/h1-7H,(H2,17,19). The van der Waals surface area contributed by atoms with Gasteiger partial charge in [-0.15, -0.1) is 0 Å². The molecule has 0 aliphatic heterocycles. The lowest BCUT2D eigenvalue weighted by atomic mass is 10.1.